The van der Waals surface area contributed by atoms with Crippen molar-refractivity contribution in [2.75, 3.05) is 12.9 Å². The molecule has 124 valence electrons. The highest BCUT2D eigenvalue weighted by molar-refractivity contribution is 7.86. The Hall–Kier alpha value is -0.130. The predicted octanol–water partition coefficient (Wildman–Crippen LogP) is 2.81. The highest BCUT2D eigenvalue weighted by Gasteiger charge is 2.49. The maximum Gasteiger partial charge on any atom is 0.264 e. The van der Waals surface area contributed by atoms with Crippen LogP contribution in [0.3, 0.4) is 0 Å². The van der Waals surface area contributed by atoms with Crippen molar-refractivity contribution < 1.29 is 17.7 Å². The third kappa shape index (κ3) is 3.80. The molecular formula is C16H30O4S. The van der Waals surface area contributed by atoms with Gasteiger partial charge in [0.05, 0.1) is 12.4 Å². The summed E-state index contributed by atoms with van der Waals surface area (Å²) in [7, 11) is -3.39. The van der Waals surface area contributed by atoms with E-state index in [-0.39, 0.29) is 18.6 Å². The molecule has 2 fully saturated rings. The third-order valence-corrected chi connectivity index (χ3v) is 6.75. The lowest BCUT2D eigenvalue weighted by Gasteiger charge is -2.53. The lowest BCUT2D eigenvalue weighted by molar-refractivity contribution is -0.0650. The van der Waals surface area contributed by atoms with Crippen LogP contribution in [0, 0.1) is 29.1 Å². The van der Waals surface area contributed by atoms with Gasteiger partial charge in [0.25, 0.3) is 10.1 Å². The van der Waals surface area contributed by atoms with Crippen molar-refractivity contribution in [3.05, 3.63) is 0 Å². The largest absolute Gasteiger partial charge is 0.396 e. The number of rotatable bonds is 4. The van der Waals surface area contributed by atoms with Crippen molar-refractivity contribution in [1.29, 1.82) is 0 Å². The van der Waals surface area contributed by atoms with Crippen LogP contribution in [0.4, 0.5) is 0 Å². The van der Waals surface area contributed by atoms with Crippen LogP contribution < -0.4 is 0 Å². The molecule has 4 nitrogen and oxygen atoms in total. The molecule has 2 aliphatic rings. The SMILES string of the molecule is C[C@@H]1[C@H]2C[C@H]([C@H](C)CO)CC[C@]2(C)CC[C@H]1OS(C)(=O)=O. The first-order valence-electron chi connectivity index (χ1n) is 8.15. The Morgan fingerprint density at radius 1 is 1.33 bits per heavy atom. The minimum absolute atomic E-state index is 0.179. The second-order valence-corrected chi connectivity index (χ2v) is 9.29. The van der Waals surface area contributed by atoms with Crippen molar-refractivity contribution in [2.45, 2.75) is 59.0 Å². The van der Waals surface area contributed by atoms with E-state index < -0.39 is 10.1 Å². The van der Waals surface area contributed by atoms with E-state index in [0.717, 1.165) is 25.5 Å². The van der Waals surface area contributed by atoms with Gasteiger partial charge in [-0.1, -0.05) is 20.8 Å². The Morgan fingerprint density at radius 3 is 2.52 bits per heavy atom. The smallest absolute Gasteiger partial charge is 0.264 e. The minimum Gasteiger partial charge on any atom is -0.396 e. The first-order valence-corrected chi connectivity index (χ1v) is 9.97. The van der Waals surface area contributed by atoms with Crippen LogP contribution in [0.15, 0.2) is 0 Å². The number of aliphatic hydroxyl groups is 1. The molecular weight excluding hydrogens is 288 g/mol. The monoisotopic (exact) mass is 318 g/mol. The van der Waals surface area contributed by atoms with Crippen molar-refractivity contribution in [1.82, 2.24) is 0 Å². The van der Waals surface area contributed by atoms with Crippen molar-refractivity contribution in [3.63, 3.8) is 0 Å². The Bertz CT molecular complexity index is 461. The van der Waals surface area contributed by atoms with E-state index in [1.54, 1.807) is 0 Å². The zero-order valence-corrected chi connectivity index (χ0v) is 14.5. The Morgan fingerprint density at radius 2 is 1.95 bits per heavy atom. The molecule has 0 spiro atoms. The molecule has 1 N–H and O–H groups in total. The van der Waals surface area contributed by atoms with Gasteiger partial charge in [-0.2, -0.15) is 8.42 Å². The lowest BCUT2D eigenvalue weighted by atomic mass is 9.53. The normalized spacial score (nSPS) is 42.3. The van der Waals surface area contributed by atoms with Crippen molar-refractivity contribution in [2.24, 2.45) is 29.1 Å². The average Bonchev–Trinajstić information content (AvgIpc) is 2.40. The van der Waals surface area contributed by atoms with Gasteiger partial charge < -0.3 is 5.11 Å². The molecule has 2 saturated carbocycles. The molecule has 0 heterocycles. The van der Waals surface area contributed by atoms with Crippen molar-refractivity contribution in [3.8, 4) is 0 Å². The summed E-state index contributed by atoms with van der Waals surface area (Å²) in [5, 5.41) is 9.41. The molecule has 21 heavy (non-hydrogen) atoms. The van der Waals surface area contributed by atoms with Gasteiger partial charge in [0.2, 0.25) is 0 Å². The maximum atomic E-state index is 11.4. The molecule has 0 aromatic rings. The van der Waals surface area contributed by atoms with Crippen molar-refractivity contribution >= 4 is 10.1 Å². The Balaban J connectivity index is 2.13. The van der Waals surface area contributed by atoms with Crippen LogP contribution in [-0.2, 0) is 14.3 Å². The standard InChI is InChI=1S/C16H30O4S/c1-11(10-17)13-5-7-16(3)8-6-15(20-21(4,18)19)12(2)14(16)9-13/h11-15,17H,5-10H2,1-4H3/t11-,12-,13-,14-,15-,16-/m1/s1. The van der Waals surface area contributed by atoms with Gasteiger partial charge in [0, 0.05) is 6.61 Å². The lowest BCUT2D eigenvalue weighted by Crippen LogP contribution is -2.48. The molecule has 5 heteroatoms. The molecule has 6 atom stereocenters. The summed E-state index contributed by atoms with van der Waals surface area (Å²) in [5.41, 5.74) is 0.308. The number of aliphatic hydroxyl groups excluding tert-OH is 1. The highest BCUT2D eigenvalue weighted by atomic mass is 32.2. The summed E-state index contributed by atoms with van der Waals surface area (Å²) in [6, 6.07) is 0. The van der Waals surface area contributed by atoms with Gasteiger partial charge in [-0.15, -0.1) is 0 Å². The fourth-order valence-electron chi connectivity index (χ4n) is 4.61. The van der Waals surface area contributed by atoms with Gasteiger partial charge >= 0.3 is 0 Å². The van der Waals surface area contributed by atoms with E-state index >= 15 is 0 Å². The molecule has 0 aromatic carbocycles. The molecule has 0 aromatic heterocycles. The number of hydrogen-bond donors (Lipinski definition) is 1. The van der Waals surface area contributed by atoms with E-state index in [2.05, 4.69) is 20.8 Å². The van der Waals surface area contributed by atoms with Crippen LogP contribution in [-0.4, -0.2) is 32.5 Å². The first kappa shape index (κ1) is 17.2. The summed E-state index contributed by atoms with van der Waals surface area (Å²) in [6.07, 6.45) is 6.29. The fraction of sp³-hybridized carbons (Fsp3) is 1.00. The van der Waals surface area contributed by atoms with Crippen LogP contribution >= 0.6 is 0 Å². The summed E-state index contributed by atoms with van der Waals surface area (Å²) in [4.78, 5) is 0. The molecule has 2 aliphatic carbocycles. The number of fused-ring (bicyclic) bond motifs is 1. The second kappa shape index (κ2) is 6.17. The summed E-state index contributed by atoms with van der Waals surface area (Å²) >= 11 is 0. The second-order valence-electron chi connectivity index (χ2n) is 7.69. The first-order chi connectivity index (χ1) is 9.66. The summed E-state index contributed by atoms with van der Waals surface area (Å²) in [6.45, 7) is 6.85. The minimum atomic E-state index is -3.39. The van der Waals surface area contributed by atoms with Crippen LogP contribution in [0.1, 0.15) is 52.9 Å². The van der Waals surface area contributed by atoms with Gasteiger partial charge in [0.15, 0.2) is 0 Å². The van der Waals surface area contributed by atoms with Gasteiger partial charge in [-0.3, -0.25) is 4.18 Å². The molecule has 0 unspecified atom stereocenters. The zero-order valence-electron chi connectivity index (χ0n) is 13.7. The van der Waals surface area contributed by atoms with Crippen LogP contribution in [0.5, 0.6) is 0 Å². The molecule has 0 aliphatic heterocycles. The molecule has 0 amide bonds. The van der Waals surface area contributed by atoms with Gasteiger partial charge in [-0.25, -0.2) is 0 Å². The average molecular weight is 318 g/mol. The highest BCUT2D eigenvalue weighted by Crippen LogP contribution is 2.55. The maximum absolute atomic E-state index is 11.4. The third-order valence-electron chi connectivity index (χ3n) is 6.15. The predicted molar refractivity (Wildman–Crippen MR) is 83.3 cm³/mol. The van der Waals surface area contributed by atoms with E-state index in [9.17, 15) is 13.5 Å². The topological polar surface area (TPSA) is 63.6 Å². The molecule has 0 bridgehead atoms. The van der Waals surface area contributed by atoms with Crippen LogP contribution in [0.25, 0.3) is 0 Å². The molecule has 0 saturated heterocycles. The summed E-state index contributed by atoms with van der Waals surface area (Å²) in [5.74, 6) is 1.63. The molecule has 0 radical (unpaired) electrons. The molecule has 2 rings (SSSR count). The van der Waals surface area contributed by atoms with E-state index in [4.69, 9.17) is 4.18 Å². The van der Waals surface area contributed by atoms with E-state index in [1.165, 1.54) is 12.8 Å². The number of hydrogen-bond acceptors (Lipinski definition) is 4. The van der Waals surface area contributed by atoms with Crippen LogP contribution in [0.2, 0.25) is 0 Å². The summed E-state index contributed by atoms with van der Waals surface area (Å²) < 4.78 is 28.2. The van der Waals surface area contributed by atoms with E-state index in [1.807, 2.05) is 0 Å². The Labute approximate surface area is 129 Å². The van der Waals surface area contributed by atoms with Gasteiger partial charge in [0.1, 0.15) is 0 Å². The van der Waals surface area contributed by atoms with Gasteiger partial charge in [-0.05, 0) is 61.2 Å². The zero-order chi connectivity index (χ0) is 15.8. The fourth-order valence-corrected chi connectivity index (χ4v) is 5.33. The Kier molecular flexibility index (Phi) is 5.06. The van der Waals surface area contributed by atoms with E-state index in [0.29, 0.717) is 23.2 Å². The quantitative estimate of drug-likeness (QED) is 0.810.